The molecule has 2 heterocycles. The third-order valence-corrected chi connectivity index (χ3v) is 4.08. The average Bonchev–Trinajstić information content (AvgIpc) is 3.15. The molecule has 132 valence electrons. The minimum absolute atomic E-state index is 0.124. The number of carbonyl (C=O) groups is 2. The van der Waals surface area contributed by atoms with Crippen molar-refractivity contribution in [2.45, 2.75) is 19.1 Å². The molecular weight excluding hydrogens is 322 g/mol. The number of anilines is 1. The van der Waals surface area contributed by atoms with Crippen molar-refractivity contribution in [3.63, 3.8) is 0 Å². The number of furan rings is 1. The van der Waals surface area contributed by atoms with E-state index in [2.05, 4.69) is 10.6 Å². The molecule has 0 radical (unpaired) electrons. The van der Waals surface area contributed by atoms with Gasteiger partial charge < -0.3 is 24.7 Å². The number of nitrogens with one attached hydrogen (secondary N) is 2. The molecule has 2 atom stereocenters. The van der Waals surface area contributed by atoms with Crippen molar-refractivity contribution in [1.29, 1.82) is 0 Å². The van der Waals surface area contributed by atoms with Gasteiger partial charge in [0, 0.05) is 7.05 Å². The maximum absolute atomic E-state index is 12.4. The first-order valence-corrected chi connectivity index (χ1v) is 8.13. The van der Waals surface area contributed by atoms with Crippen molar-refractivity contribution in [3.05, 3.63) is 48.4 Å². The van der Waals surface area contributed by atoms with Gasteiger partial charge in [0.1, 0.15) is 11.5 Å². The number of rotatable bonds is 5. The number of para-hydroxylation sites is 2. The summed E-state index contributed by atoms with van der Waals surface area (Å²) in [5.74, 6) is 0.910. The van der Waals surface area contributed by atoms with E-state index in [1.165, 1.54) is 0 Å². The number of ether oxygens (including phenoxy) is 1. The zero-order valence-electron chi connectivity index (χ0n) is 14.2. The summed E-state index contributed by atoms with van der Waals surface area (Å²) in [5, 5.41) is 5.49. The lowest BCUT2D eigenvalue weighted by Crippen LogP contribution is -2.50. The highest BCUT2D eigenvalue weighted by Gasteiger charge is 2.31. The number of likely N-dealkylation sites (N-methyl/N-ethyl adjacent to an activating group) is 1. The van der Waals surface area contributed by atoms with Gasteiger partial charge in [0.05, 0.1) is 31.1 Å². The number of hydrogen-bond acceptors (Lipinski definition) is 5. The number of hydrogen-bond donors (Lipinski definition) is 2. The molecule has 0 aliphatic carbocycles. The largest absolute Gasteiger partial charge is 0.477 e. The molecule has 3 rings (SSSR count). The lowest BCUT2D eigenvalue weighted by atomic mass is 10.1. The van der Waals surface area contributed by atoms with Crippen LogP contribution in [0, 0.1) is 0 Å². The maximum atomic E-state index is 12.4. The van der Waals surface area contributed by atoms with Crippen molar-refractivity contribution in [2.75, 3.05) is 25.0 Å². The lowest BCUT2D eigenvalue weighted by Gasteiger charge is -2.35. The summed E-state index contributed by atoms with van der Waals surface area (Å²) in [6.07, 6.45) is 0.916. The van der Waals surface area contributed by atoms with Crippen molar-refractivity contribution in [1.82, 2.24) is 10.6 Å². The molecule has 0 bridgehead atoms. The van der Waals surface area contributed by atoms with Crippen LogP contribution >= 0.6 is 0 Å². The Morgan fingerprint density at radius 2 is 2.08 bits per heavy atom. The van der Waals surface area contributed by atoms with Gasteiger partial charge in [0.15, 0.2) is 6.10 Å². The van der Waals surface area contributed by atoms with E-state index in [1.807, 2.05) is 36.1 Å². The Hall–Kier alpha value is -2.96. The molecule has 1 aromatic heterocycles. The smallest absolute Gasteiger partial charge is 0.262 e. The molecular formula is C18H21N3O4. The van der Waals surface area contributed by atoms with Gasteiger partial charge in [-0.1, -0.05) is 12.1 Å². The van der Waals surface area contributed by atoms with Crippen LogP contribution in [0.2, 0.25) is 0 Å². The summed E-state index contributed by atoms with van der Waals surface area (Å²) in [4.78, 5) is 26.3. The molecule has 1 aliphatic heterocycles. The Kier molecular flexibility index (Phi) is 4.92. The molecule has 2 aromatic rings. The molecule has 2 N–H and O–H groups in total. The highest BCUT2D eigenvalue weighted by molar-refractivity contribution is 5.86. The van der Waals surface area contributed by atoms with Crippen LogP contribution in [0.15, 0.2) is 47.1 Å². The van der Waals surface area contributed by atoms with Gasteiger partial charge in [0.25, 0.3) is 5.91 Å². The highest BCUT2D eigenvalue weighted by Crippen LogP contribution is 2.32. The Morgan fingerprint density at radius 1 is 1.28 bits per heavy atom. The minimum Gasteiger partial charge on any atom is -0.477 e. The molecule has 1 aliphatic rings. The van der Waals surface area contributed by atoms with Crippen LogP contribution in [0.25, 0.3) is 0 Å². The van der Waals surface area contributed by atoms with Gasteiger partial charge in [0.2, 0.25) is 5.91 Å². The van der Waals surface area contributed by atoms with Gasteiger partial charge in [-0.3, -0.25) is 9.59 Å². The molecule has 1 aromatic carbocycles. The molecule has 25 heavy (non-hydrogen) atoms. The second-order valence-corrected chi connectivity index (χ2v) is 5.87. The van der Waals surface area contributed by atoms with E-state index in [9.17, 15) is 9.59 Å². The van der Waals surface area contributed by atoms with Gasteiger partial charge in [-0.05, 0) is 31.2 Å². The summed E-state index contributed by atoms with van der Waals surface area (Å²) in [6, 6.07) is 10.7. The van der Waals surface area contributed by atoms with E-state index in [1.54, 1.807) is 25.4 Å². The van der Waals surface area contributed by atoms with Crippen LogP contribution in [-0.2, 0) is 9.59 Å². The van der Waals surface area contributed by atoms with Gasteiger partial charge in [-0.2, -0.15) is 0 Å². The van der Waals surface area contributed by atoms with Gasteiger partial charge >= 0.3 is 0 Å². The number of fused-ring (bicyclic) bond motifs is 1. The predicted octanol–water partition coefficient (Wildman–Crippen LogP) is 1.47. The first-order chi connectivity index (χ1) is 12.1. The maximum Gasteiger partial charge on any atom is 0.262 e. The Morgan fingerprint density at radius 3 is 2.80 bits per heavy atom. The monoisotopic (exact) mass is 343 g/mol. The summed E-state index contributed by atoms with van der Waals surface area (Å²) in [7, 11) is 1.56. The van der Waals surface area contributed by atoms with Crippen LogP contribution in [0.4, 0.5) is 5.69 Å². The number of nitrogens with zero attached hydrogens (tertiary/aromatic N) is 1. The van der Waals surface area contributed by atoms with E-state index >= 15 is 0 Å². The van der Waals surface area contributed by atoms with Crippen LogP contribution in [0.3, 0.4) is 0 Å². The summed E-state index contributed by atoms with van der Waals surface area (Å²) in [5.41, 5.74) is 0.795. The molecule has 0 saturated heterocycles. The van der Waals surface area contributed by atoms with Crippen molar-refractivity contribution in [2.24, 2.45) is 0 Å². The number of amides is 2. The quantitative estimate of drug-likeness (QED) is 0.859. The fourth-order valence-corrected chi connectivity index (χ4v) is 2.82. The zero-order chi connectivity index (χ0) is 17.8. The second-order valence-electron chi connectivity index (χ2n) is 5.87. The molecule has 2 amide bonds. The van der Waals surface area contributed by atoms with Crippen LogP contribution in [-0.4, -0.2) is 38.1 Å². The normalized spacial score (nSPS) is 17.2. The number of carbonyl (C=O) groups excluding carboxylic acids is 2. The average molecular weight is 343 g/mol. The lowest BCUT2D eigenvalue weighted by molar-refractivity contribution is -0.127. The van der Waals surface area contributed by atoms with E-state index in [0.717, 1.165) is 5.69 Å². The third-order valence-electron chi connectivity index (χ3n) is 4.08. The molecule has 0 fully saturated rings. The molecule has 0 saturated carbocycles. The Bertz CT molecular complexity index is 745. The minimum atomic E-state index is -0.657. The fourth-order valence-electron chi connectivity index (χ4n) is 2.82. The molecule has 0 spiro atoms. The van der Waals surface area contributed by atoms with Crippen LogP contribution in [0.1, 0.15) is 18.7 Å². The summed E-state index contributed by atoms with van der Waals surface area (Å²) in [6.45, 7) is 2.29. The van der Waals surface area contributed by atoms with Gasteiger partial charge in [-0.25, -0.2) is 0 Å². The first kappa shape index (κ1) is 16.9. The Balaban J connectivity index is 1.71. The fraction of sp³-hybridized carbons (Fsp3) is 0.333. The zero-order valence-corrected chi connectivity index (χ0v) is 14.2. The molecule has 0 unspecified atom stereocenters. The third kappa shape index (κ3) is 3.76. The first-order valence-electron chi connectivity index (χ1n) is 8.13. The predicted molar refractivity (Wildman–Crippen MR) is 92.4 cm³/mol. The second kappa shape index (κ2) is 7.29. The van der Waals surface area contributed by atoms with E-state index in [-0.39, 0.29) is 24.4 Å². The van der Waals surface area contributed by atoms with Crippen molar-refractivity contribution < 1.29 is 18.7 Å². The van der Waals surface area contributed by atoms with Crippen LogP contribution in [0.5, 0.6) is 5.75 Å². The highest BCUT2D eigenvalue weighted by atomic mass is 16.5. The van der Waals surface area contributed by atoms with E-state index in [4.69, 9.17) is 9.15 Å². The summed E-state index contributed by atoms with van der Waals surface area (Å²) < 4.78 is 11.0. The van der Waals surface area contributed by atoms with Gasteiger partial charge in [-0.15, -0.1) is 0 Å². The van der Waals surface area contributed by atoms with Crippen LogP contribution < -0.4 is 20.3 Å². The Labute approximate surface area is 145 Å². The van der Waals surface area contributed by atoms with E-state index in [0.29, 0.717) is 18.1 Å². The molecule has 7 heteroatoms. The standard InChI is InChI=1S/C18H21N3O4/c1-12(14-8-5-9-24-14)20-17(22)11-21-10-16(18(23)19-2)25-15-7-4-3-6-13(15)21/h3-9,12,16H,10-11H2,1-2H3,(H,19,23)(H,20,22)/t12-,16-/m0/s1. The van der Waals surface area contributed by atoms with Crippen molar-refractivity contribution in [3.8, 4) is 5.75 Å². The van der Waals surface area contributed by atoms with E-state index < -0.39 is 6.10 Å². The number of benzene rings is 1. The summed E-state index contributed by atoms with van der Waals surface area (Å²) >= 11 is 0. The van der Waals surface area contributed by atoms with Crippen molar-refractivity contribution >= 4 is 17.5 Å². The molecule has 7 nitrogen and oxygen atoms in total. The SMILES string of the molecule is CNC(=O)[C@@H]1CN(CC(=O)N[C@@H](C)c2ccco2)c2ccccc2O1. The topological polar surface area (TPSA) is 83.8 Å².